The number of fused-ring (bicyclic) bond motifs is 2. The molecule has 0 aliphatic heterocycles. The van der Waals surface area contributed by atoms with Crippen molar-refractivity contribution in [1.29, 1.82) is 0 Å². The van der Waals surface area contributed by atoms with Crippen LogP contribution in [0.3, 0.4) is 0 Å². The molecule has 11 atom stereocenters. The summed E-state index contributed by atoms with van der Waals surface area (Å²) < 4.78 is 0. The van der Waals surface area contributed by atoms with Gasteiger partial charge in [-0.3, -0.25) is 0 Å². The molecule has 4 nitrogen and oxygen atoms in total. The van der Waals surface area contributed by atoms with E-state index in [-0.39, 0.29) is 29.0 Å². The zero-order valence-electron chi connectivity index (χ0n) is 21.9. The fraction of sp³-hybridized carbons (Fsp3) is 0.929. The molecular weight excluding hydrogens is 396 g/mol. The van der Waals surface area contributed by atoms with Crippen molar-refractivity contribution in [2.45, 2.75) is 84.4 Å². The van der Waals surface area contributed by atoms with Gasteiger partial charge in [-0.05, 0) is 107 Å². The first-order chi connectivity index (χ1) is 14.8. The minimum atomic E-state index is -0.217. The second-order valence-electron chi connectivity index (χ2n) is 13.8. The van der Waals surface area contributed by atoms with Crippen LogP contribution in [0.1, 0.15) is 66.2 Å². The zero-order chi connectivity index (χ0) is 23.5. The standard InChI is InChI=1S/C28H48N2O2/c1-18(29(5)6)23-19(32)15-26(4)21-10-9-20-24(2,17-31)22(30(7)8)11-12-27(20)16-28(21,27)14-13-25(23,26)3/h9-10,18-23,31-32H,11-17H2,1-8H3/t18-,19+,20-,21-,22-,23-,24?,25+,26-,27+,28-/m0/s1. The summed E-state index contributed by atoms with van der Waals surface area (Å²) in [5.41, 5.74) is 0.958. The van der Waals surface area contributed by atoms with E-state index in [1.165, 1.54) is 32.1 Å². The maximum atomic E-state index is 11.4. The molecule has 2 spiro atoms. The number of hydrogen-bond donors (Lipinski definition) is 2. The van der Waals surface area contributed by atoms with E-state index in [0.29, 0.717) is 40.7 Å². The van der Waals surface area contributed by atoms with E-state index >= 15 is 0 Å². The molecule has 5 aliphatic rings. The molecule has 4 heteroatoms. The Kier molecular flexibility index (Phi) is 4.98. The molecule has 2 N–H and O–H groups in total. The Labute approximate surface area is 196 Å². The quantitative estimate of drug-likeness (QED) is 0.643. The number of nitrogens with zero attached hydrogens (tertiary/aromatic N) is 2. The largest absolute Gasteiger partial charge is 0.396 e. The van der Waals surface area contributed by atoms with Crippen molar-refractivity contribution in [3.63, 3.8) is 0 Å². The van der Waals surface area contributed by atoms with E-state index in [0.717, 1.165) is 6.42 Å². The summed E-state index contributed by atoms with van der Waals surface area (Å²) in [4.78, 5) is 4.67. The summed E-state index contributed by atoms with van der Waals surface area (Å²) in [5.74, 6) is 1.35. The highest BCUT2D eigenvalue weighted by atomic mass is 16.3. The van der Waals surface area contributed by atoms with E-state index in [1.54, 1.807) is 0 Å². The predicted octanol–water partition coefficient (Wildman–Crippen LogP) is 4.03. The van der Waals surface area contributed by atoms with Crippen molar-refractivity contribution < 1.29 is 10.2 Å². The third-order valence-corrected chi connectivity index (χ3v) is 12.7. The Hall–Kier alpha value is -0.420. The van der Waals surface area contributed by atoms with E-state index in [9.17, 15) is 10.2 Å². The number of allylic oxidation sites excluding steroid dienone is 2. The molecule has 0 heterocycles. The highest BCUT2D eigenvalue weighted by molar-refractivity contribution is 5.37. The molecule has 5 rings (SSSR count). The fourth-order valence-corrected chi connectivity index (χ4v) is 10.8. The molecule has 4 fully saturated rings. The summed E-state index contributed by atoms with van der Waals surface area (Å²) in [6.07, 6.45) is 12.2. The van der Waals surface area contributed by atoms with Gasteiger partial charge in [0.15, 0.2) is 0 Å². The minimum Gasteiger partial charge on any atom is -0.396 e. The molecule has 0 aromatic carbocycles. The monoisotopic (exact) mass is 444 g/mol. The second-order valence-corrected chi connectivity index (χ2v) is 13.8. The van der Waals surface area contributed by atoms with E-state index in [1.807, 2.05) is 0 Å². The van der Waals surface area contributed by atoms with Crippen molar-refractivity contribution in [3.8, 4) is 0 Å². The molecule has 0 aromatic rings. The molecule has 0 saturated heterocycles. The maximum absolute atomic E-state index is 11.4. The maximum Gasteiger partial charge on any atom is 0.0594 e. The molecule has 0 amide bonds. The van der Waals surface area contributed by atoms with Crippen LogP contribution in [0.5, 0.6) is 0 Å². The summed E-state index contributed by atoms with van der Waals surface area (Å²) in [5, 5.41) is 22.1. The van der Waals surface area contributed by atoms with Crippen molar-refractivity contribution in [2.24, 2.45) is 44.8 Å². The first-order valence-electron chi connectivity index (χ1n) is 13.1. The summed E-state index contributed by atoms with van der Waals surface area (Å²) in [6.45, 7) is 9.97. The van der Waals surface area contributed by atoms with Crippen LogP contribution in [-0.4, -0.2) is 73.0 Å². The summed E-state index contributed by atoms with van der Waals surface area (Å²) >= 11 is 0. The summed E-state index contributed by atoms with van der Waals surface area (Å²) in [6, 6.07) is 0.817. The molecule has 0 radical (unpaired) electrons. The fourth-order valence-electron chi connectivity index (χ4n) is 10.8. The molecule has 0 bridgehead atoms. The van der Waals surface area contributed by atoms with Gasteiger partial charge in [0.25, 0.3) is 0 Å². The Morgan fingerprint density at radius 2 is 1.56 bits per heavy atom. The summed E-state index contributed by atoms with van der Waals surface area (Å²) in [7, 11) is 8.71. The van der Waals surface area contributed by atoms with Gasteiger partial charge < -0.3 is 20.0 Å². The van der Waals surface area contributed by atoms with E-state index in [4.69, 9.17) is 0 Å². The van der Waals surface area contributed by atoms with Crippen LogP contribution in [0.15, 0.2) is 12.2 Å². The van der Waals surface area contributed by atoms with Crippen molar-refractivity contribution in [3.05, 3.63) is 12.2 Å². The first-order valence-corrected chi connectivity index (χ1v) is 13.1. The average Bonchev–Trinajstić information content (AvgIpc) is 3.32. The van der Waals surface area contributed by atoms with Crippen LogP contribution in [0.2, 0.25) is 0 Å². The molecule has 182 valence electrons. The number of aliphatic hydroxyl groups excluding tert-OH is 2. The third kappa shape index (κ3) is 2.44. The van der Waals surface area contributed by atoms with Gasteiger partial charge in [0.2, 0.25) is 0 Å². The SMILES string of the molecule is C[C@@H]([C@H]1[C@H](O)C[C@@]2(C)[C@@H]3C=C[C@H]4C(C)(CO)[C@@H](N(C)C)CC[C@@]45C[C@@]35CC[C@]12C)N(C)C. The zero-order valence-corrected chi connectivity index (χ0v) is 21.9. The van der Waals surface area contributed by atoms with Crippen molar-refractivity contribution in [2.75, 3.05) is 34.8 Å². The molecule has 0 aromatic heterocycles. The lowest BCUT2D eigenvalue weighted by molar-refractivity contribution is -0.119. The Bertz CT molecular complexity index is 811. The van der Waals surface area contributed by atoms with Crippen LogP contribution in [0, 0.1) is 44.8 Å². The lowest BCUT2D eigenvalue weighted by Gasteiger charge is -2.62. The van der Waals surface area contributed by atoms with Crippen molar-refractivity contribution in [1.82, 2.24) is 9.80 Å². The molecule has 4 saturated carbocycles. The predicted molar refractivity (Wildman–Crippen MR) is 130 cm³/mol. The van der Waals surface area contributed by atoms with Gasteiger partial charge in [0.1, 0.15) is 0 Å². The molecule has 5 aliphatic carbocycles. The van der Waals surface area contributed by atoms with Crippen molar-refractivity contribution >= 4 is 0 Å². The van der Waals surface area contributed by atoms with Gasteiger partial charge in [-0.2, -0.15) is 0 Å². The second kappa shape index (κ2) is 6.83. The Balaban J connectivity index is 1.56. The van der Waals surface area contributed by atoms with Crippen LogP contribution in [0.4, 0.5) is 0 Å². The van der Waals surface area contributed by atoms with Crippen LogP contribution >= 0.6 is 0 Å². The normalized spacial score (nSPS) is 57.1. The lowest BCUT2D eigenvalue weighted by Crippen LogP contribution is -2.60. The topological polar surface area (TPSA) is 46.9 Å². The highest BCUT2D eigenvalue weighted by Gasteiger charge is 2.82. The van der Waals surface area contributed by atoms with Gasteiger partial charge in [0.05, 0.1) is 12.7 Å². The molecule has 32 heavy (non-hydrogen) atoms. The lowest BCUT2D eigenvalue weighted by atomic mass is 9.43. The van der Waals surface area contributed by atoms with Crippen LogP contribution < -0.4 is 0 Å². The minimum absolute atomic E-state index is 0.0778. The Morgan fingerprint density at radius 1 is 0.938 bits per heavy atom. The third-order valence-electron chi connectivity index (χ3n) is 12.7. The highest BCUT2D eigenvalue weighted by Crippen LogP contribution is 2.87. The number of aliphatic hydroxyl groups is 2. The Morgan fingerprint density at radius 3 is 2.16 bits per heavy atom. The van der Waals surface area contributed by atoms with E-state index in [2.05, 4.69) is 77.8 Å². The van der Waals surface area contributed by atoms with Gasteiger partial charge in [-0.15, -0.1) is 0 Å². The number of hydrogen-bond acceptors (Lipinski definition) is 4. The van der Waals surface area contributed by atoms with Gasteiger partial charge >= 0.3 is 0 Å². The first kappa shape index (κ1) is 23.3. The van der Waals surface area contributed by atoms with Gasteiger partial charge in [-0.25, -0.2) is 0 Å². The molecular formula is C28H48N2O2. The van der Waals surface area contributed by atoms with Gasteiger partial charge in [0, 0.05) is 23.4 Å². The van der Waals surface area contributed by atoms with Crippen LogP contribution in [-0.2, 0) is 0 Å². The number of rotatable bonds is 4. The van der Waals surface area contributed by atoms with E-state index < -0.39 is 0 Å². The van der Waals surface area contributed by atoms with Crippen LogP contribution in [0.25, 0.3) is 0 Å². The average molecular weight is 445 g/mol. The smallest absolute Gasteiger partial charge is 0.0594 e. The molecule has 1 unspecified atom stereocenters. The van der Waals surface area contributed by atoms with Gasteiger partial charge in [-0.1, -0.05) is 32.9 Å².